The predicted octanol–water partition coefficient (Wildman–Crippen LogP) is 0.957. The number of rotatable bonds is 3. The van der Waals surface area contributed by atoms with Gasteiger partial charge in [0.1, 0.15) is 12.0 Å². The molecule has 1 aromatic heterocycles. The Bertz CT molecular complexity index is 509. The number of carbonyl (C=O) groups is 1. The van der Waals surface area contributed by atoms with E-state index in [1.54, 1.807) is 0 Å². The highest BCUT2D eigenvalue weighted by Crippen LogP contribution is 2.11. The van der Waals surface area contributed by atoms with Crippen LogP contribution in [0.4, 0.5) is 4.39 Å². The van der Waals surface area contributed by atoms with Crippen LogP contribution in [0.1, 0.15) is 10.5 Å². The number of carboxylic acid groups (broad SMARTS) is 1. The molecule has 6 nitrogen and oxygen atoms in total. The van der Waals surface area contributed by atoms with Crippen molar-refractivity contribution in [2.45, 2.75) is 0 Å². The van der Waals surface area contributed by atoms with Crippen molar-refractivity contribution in [2.75, 3.05) is 0 Å². The molecule has 0 bridgehead atoms. The van der Waals surface area contributed by atoms with Gasteiger partial charge in [0.15, 0.2) is 11.4 Å². The minimum absolute atomic E-state index is 0.234. The van der Waals surface area contributed by atoms with E-state index in [-0.39, 0.29) is 5.69 Å². The number of aromatic carboxylic acids is 1. The van der Waals surface area contributed by atoms with Crippen molar-refractivity contribution in [1.29, 1.82) is 0 Å². The summed E-state index contributed by atoms with van der Waals surface area (Å²) in [6, 6.07) is 5.20. The molecule has 0 aliphatic carbocycles. The average Bonchev–Trinajstić information content (AvgIpc) is 2.70. The molecule has 82 valence electrons. The Kier molecular flexibility index (Phi) is 2.50. The van der Waals surface area contributed by atoms with Gasteiger partial charge < -0.3 is 9.94 Å². The van der Waals surface area contributed by atoms with Crippen molar-refractivity contribution >= 4 is 5.97 Å². The SMILES string of the molecule is O=C(O)c1cn(Oc2ccc(F)cc2)nn1. The Morgan fingerprint density at radius 1 is 1.38 bits per heavy atom. The lowest BCUT2D eigenvalue weighted by molar-refractivity contribution is 0.0690. The fraction of sp³-hybridized carbons (Fsp3) is 0. The second-order valence-electron chi connectivity index (χ2n) is 2.86. The van der Waals surface area contributed by atoms with Gasteiger partial charge in [0.25, 0.3) is 0 Å². The summed E-state index contributed by atoms with van der Waals surface area (Å²) in [7, 11) is 0. The molecule has 1 aromatic carbocycles. The summed E-state index contributed by atoms with van der Waals surface area (Å²) in [5, 5.41) is 15.3. The van der Waals surface area contributed by atoms with Crippen molar-refractivity contribution in [3.8, 4) is 5.75 Å². The number of carboxylic acids is 1. The Morgan fingerprint density at radius 2 is 2.06 bits per heavy atom. The maximum absolute atomic E-state index is 12.6. The van der Waals surface area contributed by atoms with E-state index in [4.69, 9.17) is 9.94 Å². The summed E-state index contributed by atoms with van der Waals surface area (Å²) in [5.74, 6) is -1.27. The van der Waals surface area contributed by atoms with Gasteiger partial charge in [-0.2, -0.15) is 0 Å². The molecular weight excluding hydrogens is 217 g/mol. The second-order valence-corrected chi connectivity index (χ2v) is 2.86. The largest absolute Gasteiger partial charge is 0.476 e. The highest BCUT2D eigenvalue weighted by Gasteiger charge is 2.08. The molecule has 0 aliphatic rings. The van der Waals surface area contributed by atoms with E-state index >= 15 is 0 Å². The van der Waals surface area contributed by atoms with Gasteiger partial charge in [0.2, 0.25) is 0 Å². The third-order valence-corrected chi connectivity index (χ3v) is 1.71. The normalized spacial score (nSPS) is 10.1. The maximum atomic E-state index is 12.6. The molecule has 2 aromatic rings. The van der Waals surface area contributed by atoms with E-state index in [1.807, 2.05) is 0 Å². The van der Waals surface area contributed by atoms with E-state index in [2.05, 4.69) is 10.3 Å². The van der Waals surface area contributed by atoms with Gasteiger partial charge >= 0.3 is 5.97 Å². The minimum Gasteiger partial charge on any atom is -0.476 e. The van der Waals surface area contributed by atoms with Gasteiger partial charge in [-0.1, -0.05) is 4.85 Å². The maximum Gasteiger partial charge on any atom is 0.358 e. The molecule has 0 aliphatic heterocycles. The molecule has 0 saturated heterocycles. The van der Waals surface area contributed by atoms with Crippen LogP contribution in [0.3, 0.4) is 0 Å². The quantitative estimate of drug-likeness (QED) is 0.838. The van der Waals surface area contributed by atoms with Crippen molar-refractivity contribution in [3.63, 3.8) is 0 Å². The standard InChI is InChI=1S/C9H6FN3O3/c10-6-1-3-7(4-2-6)16-13-5-8(9(14)15)11-12-13/h1-5H,(H,14,15). The molecule has 0 atom stereocenters. The van der Waals surface area contributed by atoms with E-state index in [1.165, 1.54) is 24.3 Å². The lowest BCUT2D eigenvalue weighted by Crippen LogP contribution is -2.05. The van der Waals surface area contributed by atoms with Gasteiger partial charge in [-0.25, -0.2) is 9.18 Å². The van der Waals surface area contributed by atoms with Crippen LogP contribution in [0.2, 0.25) is 0 Å². The van der Waals surface area contributed by atoms with E-state index < -0.39 is 11.8 Å². The first-order valence-electron chi connectivity index (χ1n) is 4.25. The molecule has 0 saturated carbocycles. The summed E-state index contributed by atoms with van der Waals surface area (Å²) in [4.78, 5) is 16.5. The molecule has 0 spiro atoms. The third kappa shape index (κ3) is 2.14. The van der Waals surface area contributed by atoms with E-state index in [9.17, 15) is 9.18 Å². The molecule has 1 N–H and O–H groups in total. The fourth-order valence-corrected chi connectivity index (χ4v) is 0.995. The Labute approximate surface area is 88.8 Å². The summed E-state index contributed by atoms with van der Waals surface area (Å²) >= 11 is 0. The van der Waals surface area contributed by atoms with Crippen LogP contribution in [-0.2, 0) is 0 Å². The lowest BCUT2D eigenvalue weighted by Gasteiger charge is -2.01. The van der Waals surface area contributed by atoms with Crippen LogP contribution in [0, 0.1) is 5.82 Å². The van der Waals surface area contributed by atoms with Crippen molar-refractivity contribution < 1.29 is 19.1 Å². The van der Waals surface area contributed by atoms with Crippen LogP contribution >= 0.6 is 0 Å². The van der Waals surface area contributed by atoms with E-state index in [0.29, 0.717) is 5.75 Å². The molecule has 7 heteroatoms. The Hall–Kier alpha value is -2.44. The average molecular weight is 223 g/mol. The predicted molar refractivity (Wildman–Crippen MR) is 49.4 cm³/mol. The van der Waals surface area contributed by atoms with Crippen molar-refractivity contribution in [3.05, 3.63) is 42.0 Å². The highest BCUT2D eigenvalue weighted by molar-refractivity contribution is 5.84. The molecular formula is C9H6FN3O3. The van der Waals surface area contributed by atoms with Gasteiger partial charge in [-0.05, 0) is 29.5 Å². The highest BCUT2D eigenvalue weighted by atomic mass is 19.1. The first-order chi connectivity index (χ1) is 7.65. The van der Waals surface area contributed by atoms with Crippen LogP contribution in [0.25, 0.3) is 0 Å². The number of hydrogen-bond acceptors (Lipinski definition) is 4. The molecule has 0 unspecified atom stereocenters. The molecule has 2 rings (SSSR count). The molecule has 0 amide bonds. The first-order valence-corrected chi connectivity index (χ1v) is 4.25. The minimum atomic E-state index is -1.20. The Balaban J connectivity index is 2.14. The van der Waals surface area contributed by atoms with Crippen LogP contribution in [0.15, 0.2) is 30.5 Å². The van der Waals surface area contributed by atoms with Crippen LogP contribution < -0.4 is 4.84 Å². The third-order valence-electron chi connectivity index (χ3n) is 1.71. The van der Waals surface area contributed by atoms with Crippen molar-refractivity contribution in [1.82, 2.24) is 15.2 Å². The zero-order chi connectivity index (χ0) is 11.5. The lowest BCUT2D eigenvalue weighted by atomic mass is 10.3. The number of halogens is 1. The van der Waals surface area contributed by atoms with Crippen LogP contribution in [-0.4, -0.2) is 26.2 Å². The zero-order valence-corrected chi connectivity index (χ0v) is 7.87. The van der Waals surface area contributed by atoms with Gasteiger partial charge in [0.05, 0.1) is 0 Å². The molecule has 1 heterocycles. The zero-order valence-electron chi connectivity index (χ0n) is 7.87. The van der Waals surface area contributed by atoms with Crippen molar-refractivity contribution in [2.24, 2.45) is 0 Å². The fourth-order valence-electron chi connectivity index (χ4n) is 0.995. The smallest absolute Gasteiger partial charge is 0.358 e. The monoisotopic (exact) mass is 223 g/mol. The van der Waals surface area contributed by atoms with Gasteiger partial charge in [-0.3, -0.25) is 0 Å². The van der Waals surface area contributed by atoms with E-state index in [0.717, 1.165) is 11.0 Å². The number of hydrogen-bond donors (Lipinski definition) is 1. The number of nitrogens with zero attached hydrogens (tertiary/aromatic N) is 3. The Morgan fingerprint density at radius 3 is 2.62 bits per heavy atom. The van der Waals surface area contributed by atoms with Gasteiger partial charge in [-0.15, -0.1) is 5.10 Å². The number of benzene rings is 1. The molecule has 0 radical (unpaired) electrons. The topological polar surface area (TPSA) is 77.2 Å². The second kappa shape index (κ2) is 3.97. The molecule has 0 fully saturated rings. The summed E-state index contributed by atoms with van der Waals surface area (Å²) < 4.78 is 12.6. The first kappa shape index (κ1) is 10.1. The molecule has 16 heavy (non-hydrogen) atoms. The summed E-state index contributed by atoms with van der Waals surface area (Å²) in [6.07, 6.45) is 1.10. The van der Waals surface area contributed by atoms with Gasteiger partial charge in [0, 0.05) is 0 Å². The summed E-state index contributed by atoms with van der Waals surface area (Å²) in [6.45, 7) is 0. The van der Waals surface area contributed by atoms with Crippen LogP contribution in [0.5, 0.6) is 5.75 Å². The number of aromatic nitrogens is 3. The summed E-state index contributed by atoms with van der Waals surface area (Å²) in [5.41, 5.74) is -0.234.